The van der Waals surface area contributed by atoms with Crippen LogP contribution in [0, 0.1) is 0 Å². The number of amides is 1. The number of anilines is 2. The minimum Gasteiger partial charge on any atom is -0.378 e. The summed E-state index contributed by atoms with van der Waals surface area (Å²) in [5.74, 6) is 1.12. The van der Waals surface area contributed by atoms with Gasteiger partial charge in [0.05, 0.1) is 31.6 Å². The summed E-state index contributed by atoms with van der Waals surface area (Å²) in [6, 6.07) is 18.4. The SMILES string of the molecule is CC[C@H](c1nnc(SCC(=O)Nc2ccc(N3CCOCC3)cc2)n1Cc1ccccc1)N(C)C. The van der Waals surface area contributed by atoms with E-state index in [1.165, 1.54) is 17.3 Å². The van der Waals surface area contributed by atoms with Crippen LogP contribution in [0.3, 0.4) is 0 Å². The van der Waals surface area contributed by atoms with Crippen LogP contribution < -0.4 is 10.2 Å². The Labute approximate surface area is 211 Å². The zero-order valence-corrected chi connectivity index (χ0v) is 21.5. The van der Waals surface area contributed by atoms with Gasteiger partial charge in [-0.25, -0.2) is 0 Å². The highest BCUT2D eigenvalue weighted by molar-refractivity contribution is 7.99. The largest absolute Gasteiger partial charge is 0.378 e. The van der Waals surface area contributed by atoms with Crippen LogP contribution in [0.2, 0.25) is 0 Å². The normalized spacial score (nSPS) is 14.8. The van der Waals surface area contributed by atoms with Crippen molar-refractivity contribution in [2.24, 2.45) is 0 Å². The van der Waals surface area contributed by atoms with Gasteiger partial charge in [0.15, 0.2) is 11.0 Å². The Morgan fingerprint density at radius 2 is 1.80 bits per heavy atom. The van der Waals surface area contributed by atoms with E-state index in [2.05, 4.69) is 63.0 Å². The Bertz CT molecular complexity index is 1080. The van der Waals surface area contributed by atoms with E-state index in [0.717, 1.165) is 55.1 Å². The first-order valence-corrected chi connectivity index (χ1v) is 13.0. The summed E-state index contributed by atoms with van der Waals surface area (Å²) in [5, 5.41) is 12.7. The van der Waals surface area contributed by atoms with Crippen molar-refractivity contribution in [2.45, 2.75) is 31.1 Å². The van der Waals surface area contributed by atoms with Gasteiger partial charge in [-0.15, -0.1) is 10.2 Å². The Hall–Kier alpha value is -2.88. The molecular weight excluding hydrogens is 460 g/mol. The summed E-state index contributed by atoms with van der Waals surface area (Å²) < 4.78 is 7.56. The maximum atomic E-state index is 12.7. The minimum absolute atomic E-state index is 0.0652. The number of aromatic nitrogens is 3. The molecule has 1 aromatic heterocycles. The summed E-state index contributed by atoms with van der Waals surface area (Å²) in [6.45, 7) is 6.10. The minimum atomic E-state index is -0.0652. The lowest BCUT2D eigenvalue weighted by molar-refractivity contribution is -0.113. The molecule has 8 nitrogen and oxygen atoms in total. The molecule has 9 heteroatoms. The highest BCUT2D eigenvalue weighted by atomic mass is 32.2. The second kappa shape index (κ2) is 12.2. The number of ether oxygens (including phenoxy) is 1. The molecule has 0 spiro atoms. The number of thioether (sulfide) groups is 1. The van der Waals surface area contributed by atoms with E-state index >= 15 is 0 Å². The van der Waals surface area contributed by atoms with Crippen LogP contribution >= 0.6 is 11.8 Å². The quantitative estimate of drug-likeness (QED) is 0.428. The highest BCUT2D eigenvalue weighted by Gasteiger charge is 2.22. The second-order valence-electron chi connectivity index (χ2n) is 8.78. The molecule has 1 N–H and O–H groups in total. The van der Waals surface area contributed by atoms with E-state index in [0.29, 0.717) is 6.54 Å². The molecule has 0 saturated carbocycles. The predicted molar refractivity (Wildman–Crippen MR) is 141 cm³/mol. The molecule has 35 heavy (non-hydrogen) atoms. The second-order valence-corrected chi connectivity index (χ2v) is 9.73. The molecule has 2 aromatic carbocycles. The summed E-state index contributed by atoms with van der Waals surface area (Å²) in [6.07, 6.45) is 0.922. The van der Waals surface area contributed by atoms with Gasteiger partial charge < -0.3 is 19.5 Å². The maximum absolute atomic E-state index is 12.7. The molecule has 1 amide bonds. The number of hydrogen-bond acceptors (Lipinski definition) is 7. The van der Waals surface area contributed by atoms with Gasteiger partial charge in [-0.3, -0.25) is 9.69 Å². The fraction of sp³-hybridized carbons (Fsp3) is 0.423. The lowest BCUT2D eigenvalue weighted by atomic mass is 10.2. The van der Waals surface area contributed by atoms with Crippen molar-refractivity contribution in [1.29, 1.82) is 0 Å². The molecule has 1 fully saturated rings. The summed E-state index contributed by atoms with van der Waals surface area (Å²) in [7, 11) is 4.11. The number of morpholine rings is 1. The van der Waals surface area contributed by atoms with Crippen LogP contribution in [-0.4, -0.2) is 71.7 Å². The van der Waals surface area contributed by atoms with Crippen LogP contribution in [0.4, 0.5) is 11.4 Å². The zero-order valence-electron chi connectivity index (χ0n) is 20.7. The number of rotatable bonds is 10. The van der Waals surface area contributed by atoms with E-state index in [4.69, 9.17) is 4.74 Å². The number of carbonyl (C=O) groups is 1. The van der Waals surface area contributed by atoms with Crippen LogP contribution in [0.15, 0.2) is 59.8 Å². The predicted octanol–water partition coefficient (Wildman–Crippen LogP) is 3.91. The smallest absolute Gasteiger partial charge is 0.234 e. The van der Waals surface area contributed by atoms with Gasteiger partial charge in [-0.05, 0) is 50.3 Å². The van der Waals surface area contributed by atoms with Crippen molar-refractivity contribution in [3.63, 3.8) is 0 Å². The van der Waals surface area contributed by atoms with Crippen LogP contribution in [0.1, 0.15) is 30.8 Å². The fourth-order valence-corrected chi connectivity index (χ4v) is 5.00. The van der Waals surface area contributed by atoms with Crippen molar-refractivity contribution in [3.8, 4) is 0 Å². The topological polar surface area (TPSA) is 75.5 Å². The fourth-order valence-electron chi connectivity index (χ4n) is 4.25. The maximum Gasteiger partial charge on any atom is 0.234 e. The molecule has 4 rings (SSSR count). The number of benzene rings is 2. The number of nitrogens with zero attached hydrogens (tertiary/aromatic N) is 5. The van der Waals surface area contributed by atoms with Crippen LogP contribution in [-0.2, 0) is 16.1 Å². The number of carbonyl (C=O) groups excluding carboxylic acids is 1. The van der Waals surface area contributed by atoms with Crippen molar-refractivity contribution in [1.82, 2.24) is 19.7 Å². The van der Waals surface area contributed by atoms with E-state index in [1.807, 2.05) is 42.5 Å². The van der Waals surface area contributed by atoms with Gasteiger partial charge in [0, 0.05) is 24.5 Å². The molecule has 2 heterocycles. The van der Waals surface area contributed by atoms with Gasteiger partial charge in [-0.2, -0.15) is 0 Å². The third-order valence-electron chi connectivity index (χ3n) is 6.10. The first-order chi connectivity index (χ1) is 17.0. The monoisotopic (exact) mass is 494 g/mol. The average molecular weight is 495 g/mol. The third kappa shape index (κ3) is 6.62. The summed E-state index contributed by atoms with van der Waals surface area (Å²) >= 11 is 1.42. The molecule has 186 valence electrons. The van der Waals surface area contributed by atoms with Gasteiger partial charge >= 0.3 is 0 Å². The molecule has 0 unspecified atom stereocenters. The van der Waals surface area contributed by atoms with Gasteiger partial charge in [0.25, 0.3) is 0 Å². The van der Waals surface area contributed by atoms with Crippen molar-refractivity contribution in [3.05, 3.63) is 66.0 Å². The van der Waals surface area contributed by atoms with Gasteiger partial charge in [0.2, 0.25) is 5.91 Å². The van der Waals surface area contributed by atoms with Crippen molar-refractivity contribution in [2.75, 3.05) is 56.4 Å². The van der Waals surface area contributed by atoms with E-state index < -0.39 is 0 Å². The molecule has 3 aromatic rings. The number of hydrogen-bond donors (Lipinski definition) is 1. The zero-order chi connectivity index (χ0) is 24.6. The first kappa shape index (κ1) is 25.2. The van der Waals surface area contributed by atoms with Crippen molar-refractivity contribution < 1.29 is 9.53 Å². The standard InChI is InChI=1S/C26H34N6O2S/c1-4-23(30(2)3)25-28-29-26(32(25)18-20-8-6-5-7-9-20)35-19-24(33)27-21-10-12-22(13-11-21)31-14-16-34-17-15-31/h5-13,23H,4,14-19H2,1-3H3,(H,27,33)/t23-/m1/s1. The lowest BCUT2D eigenvalue weighted by Crippen LogP contribution is -2.36. The first-order valence-electron chi connectivity index (χ1n) is 12.0. The molecule has 0 aliphatic carbocycles. The third-order valence-corrected chi connectivity index (χ3v) is 7.06. The van der Waals surface area contributed by atoms with Crippen LogP contribution in [0.25, 0.3) is 0 Å². The summed E-state index contributed by atoms with van der Waals surface area (Å²) in [5.41, 5.74) is 3.11. The number of nitrogens with one attached hydrogen (secondary N) is 1. The van der Waals surface area contributed by atoms with E-state index in [-0.39, 0.29) is 17.7 Å². The van der Waals surface area contributed by atoms with Gasteiger partial charge in [0.1, 0.15) is 0 Å². The van der Waals surface area contributed by atoms with Crippen molar-refractivity contribution >= 4 is 29.0 Å². The molecule has 0 radical (unpaired) electrons. The van der Waals surface area contributed by atoms with E-state index in [1.54, 1.807) is 0 Å². The van der Waals surface area contributed by atoms with E-state index in [9.17, 15) is 4.79 Å². The molecule has 1 aliphatic rings. The molecule has 1 aliphatic heterocycles. The Morgan fingerprint density at radius 1 is 1.09 bits per heavy atom. The molecule has 0 bridgehead atoms. The van der Waals surface area contributed by atoms with Crippen LogP contribution in [0.5, 0.6) is 0 Å². The van der Waals surface area contributed by atoms with Gasteiger partial charge in [-0.1, -0.05) is 49.0 Å². The highest BCUT2D eigenvalue weighted by Crippen LogP contribution is 2.26. The Balaban J connectivity index is 1.41. The Morgan fingerprint density at radius 3 is 2.46 bits per heavy atom. The molecule has 1 atom stereocenters. The average Bonchev–Trinajstić information content (AvgIpc) is 3.26. The lowest BCUT2D eigenvalue weighted by Gasteiger charge is -2.28. The summed E-state index contributed by atoms with van der Waals surface area (Å²) in [4.78, 5) is 17.2. The molecule has 1 saturated heterocycles. The Kier molecular flexibility index (Phi) is 8.79. The molecular formula is C26H34N6O2S.